The van der Waals surface area contributed by atoms with E-state index < -0.39 is 29.9 Å². The summed E-state index contributed by atoms with van der Waals surface area (Å²) in [5.74, 6) is -2.77. The highest BCUT2D eigenvalue weighted by Gasteiger charge is 2.34. The van der Waals surface area contributed by atoms with Gasteiger partial charge in [0.1, 0.15) is 12.1 Å². The first-order valence-electron chi connectivity index (χ1n) is 9.21. The molecule has 0 heterocycles. The second-order valence-electron chi connectivity index (χ2n) is 7.05. The molecule has 2 amide bonds. The lowest BCUT2D eigenvalue weighted by Crippen LogP contribution is -2.54. The molecule has 0 aliphatic carbocycles. The molecule has 0 radical (unpaired) electrons. The summed E-state index contributed by atoms with van der Waals surface area (Å²) in [6.07, 6.45) is 0. The van der Waals surface area contributed by atoms with Gasteiger partial charge in [0, 0.05) is 12.8 Å². The van der Waals surface area contributed by atoms with Crippen LogP contribution in [0, 0.1) is 5.92 Å². The number of amides is 2. The summed E-state index contributed by atoms with van der Waals surface area (Å²) < 4.78 is 0. The van der Waals surface area contributed by atoms with Crippen LogP contribution in [0.5, 0.6) is 0 Å². The number of hydrogen-bond acceptors (Lipinski definition) is 3. The van der Waals surface area contributed by atoms with Crippen molar-refractivity contribution >= 4 is 17.8 Å². The average molecular weight is 382 g/mol. The van der Waals surface area contributed by atoms with E-state index in [1.165, 1.54) is 6.92 Å². The van der Waals surface area contributed by atoms with Gasteiger partial charge in [-0.1, -0.05) is 74.5 Å². The maximum atomic E-state index is 12.8. The zero-order chi connectivity index (χ0) is 20.7. The maximum Gasteiger partial charge on any atom is 0.327 e. The van der Waals surface area contributed by atoms with Gasteiger partial charge in [0.15, 0.2) is 0 Å². The Balaban J connectivity index is 2.41. The van der Waals surface area contributed by atoms with E-state index in [9.17, 15) is 19.5 Å². The molecule has 0 aliphatic rings. The van der Waals surface area contributed by atoms with Crippen molar-refractivity contribution in [1.29, 1.82) is 0 Å². The first kappa shape index (κ1) is 21.2. The van der Waals surface area contributed by atoms with Crippen LogP contribution in [-0.2, 0) is 14.4 Å². The lowest BCUT2D eigenvalue weighted by molar-refractivity contribution is -0.142. The molecule has 6 heteroatoms. The van der Waals surface area contributed by atoms with Gasteiger partial charge in [-0.25, -0.2) is 4.79 Å². The van der Waals surface area contributed by atoms with Crippen molar-refractivity contribution in [3.05, 3.63) is 71.8 Å². The number of aliphatic carboxylic acids is 1. The Morgan fingerprint density at radius 3 is 1.61 bits per heavy atom. The lowest BCUT2D eigenvalue weighted by atomic mass is 9.84. The van der Waals surface area contributed by atoms with Crippen LogP contribution in [0.1, 0.15) is 37.8 Å². The third-order valence-electron chi connectivity index (χ3n) is 4.52. The lowest BCUT2D eigenvalue weighted by Gasteiger charge is -2.29. The Bertz CT molecular complexity index is 766. The first-order chi connectivity index (χ1) is 13.3. The highest BCUT2D eigenvalue weighted by Crippen LogP contribution is 2.28. The standard InChI is InChI=1S/C22H26N2O4/c1-14(2)19(23-15(3)25)21(26)24-20(22(27)28)18(16-10-6-4-7-11-16)17-12-8-5-9-13-17/h4-14,18-20H,1-3H3,(H,23,25)(H,24,26)(H,27,28)/t19-,20+/m1/s1. The molecule has 6 nitrogen and oxygen atoms in total. The number of carbonyl (C=O) groups is 3. The summed E-state index contributed by atoms with van der Waals surface area (Å²) in [5, 5.41) is 15.2. The molecule has 2 atom stereocenters. The molecule has 0 bridgehead atoms. The molecular formula is C22H26N2O4. The van der Waals surface area contributed by atoms with Gasteiger partial charge in [-0.05, 0) is 17.0 Å². The van der Waals surface area contributed by atoms with Crippen LogP contribution in [0.3, 0.4) is 0 Å². The van der Waals surface area contributed by atoms with E-state index >= 15 is 0 Å². The summed E-state index contributed by atoms with van der Waals surface area (Å²) in [7, 11) is 0. The van der Waals surface area contributed by atoms with Crippen molar-refractivity contribution in [1.82, 2.24) is 10.6 Å². The Hall–Kier alpha value is -3.15. The number of carboxylic acids is 1. The van der Waals surface area contributed by atoms with Crippen molar-refractivity contribution in [3.63, 3.8) is 0 Å². The highest BCUT2D eigenvalue weighted by atomic mass is 16.4. The van der Waals surface area contributed by atoms with Crippen LogP contribution in [0.2, 0.25) is 0 Å². The largest absolute Gasteiger partial charge is 0.480 e. The Kier molecular flexibility index (Phi) is 7.32. The van der Waals surface area contributed by atoms with E-state index in [0.717, 1.165) is 11.1 Å². The van der Waals surface area contributed by atoms with Gasteiger partial charge < -0.3 is 15.7 Å². The molecule has 148 valence electrons. The minimum atomic E-state index is -1.19. The zero-order valence-corrected chi connectivity index (χ0v) is 16.3. The predicted octanol–water partition coefficient (Wildman–Crippen LogP) is 2.55. The smallest absolute Gasteiger partial charge is 0.327 e. The fourth-order valence-electron chi connectivity index (χ4n) is 3.18. The minimum Gasteiger partial charge on any atom is -0.480 e. The topological polar surface area (TPSA) is 95.5 Å². The summed E-state index contributed by atoms with van der Waals surface area (Å²) >= 11 is 0. The third-order valence-corrected chi connectivity index (χ3v) is 4.52. The third kappa shape index (κ3) is 5.42. The number of benzene rings is 2. The number of carboxylic acid groups (broad SMARTS) is 1. The van der Waals surface area contributed by atoms with E-state index in [4.69, 9.17) is 0 Å². The van der Waals surface area contributed by atoms with Crippen molar-refractivity contribution in [2.45, 2.75) is 38.8 Å². The van der Waals surface area contributed by atoms with Gasteiger partial charge in [0.05, 0.1) is 0 Å². The van der Waals surface area contributed by atoms with Gasteiger partial charge in [-0.15, -0.1) is 0 Å². The zero-order valence-electron chi connectivity index (χ0n) is 16.3. The van der Waals surface area contributed by atoms with Crippen molar-refractivity contribution < 1.29 is 19.5 Å². The molecule has 0 unspecified atom stereocenters. The van der Waals surface area contributed by atoms with Crippen LogP contribution in [0.15, 0.2) is 60.7 Å². The molecule has 2 rings (SSSR count). The average Bonchev–Trinajstić information content (AvgIpc) is 2.66. The normalized spacial score (nSPS) is 13.0. The molecule has 0 spiro atoms. The number of carbonyl (C=O) groups excluding carboxylic acids is 2. The Morgan fingerprint density at radius 2 is 1.25 bits per heavy atom. The van der Waals surface area contributed by atoms with Crippen LogP contribution in [0.4, 0.5) is 0 Å². The van der Waals surface area contributed by atoms with E-state index in [1.54, 1.807) is 13.8 Å². The minimum absolute atomic E-state index is 0.190. The van der Waals surface area contributed by atoms with Gasteiger partial charge in [-0.2, -0.15) is 0 Å². The Labute approximate surface area is 165 Å². The van der Waals surface area contributed by atoms with Gasteiger partial charge in [-0.3, -0.25) is 9.59 Å². The van der Waals surface area contributed by atoms with Crippen LogP contribution in [-0.4, -0.2) is 35.0 Å². The predicted molar refractivity (Wildman–Crippen MR) is 107 cm³/mol. The number of rotatable bonds is 8. The van der Waals surface area contributed by atoms with E-state index in [2.05, 4.69) is 10.6 Å². The summed E-state index contributed by atoms with van der Waals surface area (Å²) in [6.45, 7) is 4.91. The van der Waals surface area contributed by atoms with Crippen molar-refractivity contribution in [2.24, 2.45) is 5.92 Å². The first-order valence-corrected chi connectivity index (χ1v) is 9.21. The van der Waals surface area contributed by atoms with Crippen LogP contribution in [0.25, 0.3) is 0 Å². The molecule has 3 N–H and O–H groups in total. The van der Waals surface area contributed by atoms with Crippen LogP contribution < -0.4 is 10.6 Å². The molecule has 0 aromatic heterocycles. The van der Waals surface area contributed by atoms with E-state index in [0.29, 0.717) is 0 Å². The maximum absolute atomic E-state index is 12.8. The highest BCUT2D eigenvalue weighted by molar-refractivity contribution is 5.90. The van der Waals surface area contributed by atoms with Gasteiger partial charge >= 0.3 is 5.97 Å². The fraction of sp³-hybridized carbons (Fsp3) is 0.318. The molecule has 0 aliphatic heterocycles. The van der Waals surface area contributed by atoms with Gasteiger partial charge in [0.25, 0.3) is 0 Å². The second kappa shape index (κ2) is 9.69. The Morgan fingerprint density at radius 1 is 0.786 bits per heavy atom. The molecule has 0 fully saturated rings. The van der Waals surface area contributed by atoms with E-state index in [-0.39, 0.29) is 11.8 Å². The van der Waals surface area contributed by atoms with Crippen LogP contribution >= 0.6 is 0 Å². The van der Waals surface area contributed by atoms with Crippen molar-refractivity contribution in [3.8, 4) is 0 Å². The quantitative estimate of drug-likeness (QED) is 0.654. The molecule has 28 heavy (non-hydrogen) atoms. The number of nitrogens with one attached hydrogen (secondary N) is 2. The summed E-state index contributed by atoms with van der Waals surface area (Å²) in [4.78, 5) is 36.4. The SMILES string of the molecule is CC(=O)N[C@@H](C(=O)N[C@H](C(=O)O)C(c1ccccc1)c1ccccc1)C(C)C. The molecule has 0 saturated heterocycles. The number of hydrogen-bond donors (Lipinski definition) is 3. The van der Waals surface area contributed by atoms with Gasteiger partial charge in [0.2, 0.25) is 11.8 Å². The molecule has 2 aromatic rings. The van der Waals surface area contributed by atoms with E-state index in [1.807, 2.05) is 60.7 Å². The molecule has 2 aromatic carbocycles. The molecular weight excluding hydrogens is 356 g/mol. The monoisotopic (exact) mass is 382 g/mol. The summed E-state index contributed by atoms with van der Waals surface area (Å²) in [5.41, 5.74) is 1.56. The fourth-order valence-corrected chi connectivity index (χ4v) is 3.18. The summed E-state index contributed by atoms with van der Waals surface area (Å²) in [6, 6.07) is 16.4. The second-order valence-corrected chi connectivity index (χ2v) is 7.05. The molecule has 0 saturated carbocycles. The van der Waals surface area contributed by atoms with Crippen molar-refractivity contribution in [2.75, 3.05) is 0 Å².